The Balaban J connectivity index is 2.85. The van der Waals surface area contributed by atoms with Gasteiger partial charge in [0, 0.05) is 6.08 Å². The second-order valence-electron chi connectivity index (χ2n) is 3.05. The van der Waals surface area contributed by atoms with Gasteiger partial charge in [0.05, 0.1) is 6.20 Å². The number of rotatable bonds is 2. The van der Waals surface area contributed by atoms with Gasteiger partial charge < -0.3 is 5.32 Å². The van der Waals surface area contributed by atoms with Gasteiger partial charge in [-0.05, 0) is 25.4 Å². The monoisotopic (exact) mass is 229 g/mol. The van der Waals surface area contributed by atoms with E-state index in [4.69, 9.17) is 11.6 Å². The molecular weight excluding hydrogens is 221 g/mol. The van der Waals surface area contributed by atoms with Crippen molar-refractivity contribution in [2.45, 2.75) is 13.8 Å². The largest absolute Gasteiger partial charge is 0.304 e. The van der Waals surface area contributed by atoms with E-state index in [-0.39, 0.29) is 11.1 Å². The number of anilines is 1. The fourth-order valence-corrected chi connectivity index (χ4v) is 0.982. The second-order valence-corrected chi connectivity index (χ2v) is 3.38. The van der Waals surface area contributed by atoms with Crippen LogP contribution in [0.4, 0.5) is 10.2 Å². The number of allylic oxidation sites excluding steroid dienone is 1. The maximum Gasteiger partial charge on any atom is 0.249 e. The van der Waals surface area contributed by atoms with Crippen LogP contribution < -0.4 is 5.32 Å². The highest BCUT2D eigenvalue weighted by atomic mass is 35.5. The van der Waals surface area contributed by atoms with Gasteiger partial charge in [0.15, 0.2) is 11.6 Å². The molecule has 80 valence electrons. The topological polar surface area (TPSA) is 54.9 Å². The molecule has 0 saturated carbocycles. The molecule has 0 fully saturated rings. The van der Waals surface area contributed by atoms with E-state index in [2.05, 4.69) is 15.3 Å². The molecule has 0 bridgehead atoms. The molecule has 1 N–H and O–H groups in total. The highest BCUT2D eigenvalue weighted by Gasteiger charge is 2.07. The standard InChI is InChI=1S/C9H9ClFN3O/c1-5(2)3-7(15)13-8-6(11)4-12-9(10)14-8/h3-4H,1-2H3,(H,12,13,14,15). The van der Waals surface area contributed by atoms with Gasteiger partial charge in [0.1, 0.15) is 0 Å². The van der Waals surface area contributed by atoms with Gasteiger partial charge in [-0.1, -0.05) is 5.57 Å². The predicted molar refractivity (Wildman–Crippen MR) is 55.1 cm³/mol. The highest BCUT2D eigenvalue weighted by molar-refractivity contribution is 6.28. The molecule has 1 aromatic heterocycles. The predicted octanol–water partition coefficient (Wildman–Crippen LogP) is 2.17. The molecule has 1 aromatic rings. The van der Waals surface area contributed by atoms with Crippen LogP contribution in [0.2, 0.25) is 5.28 Å². The summed E-state index contributed by atoms with van der Waals surface area (Å²) in [4.78, 5) is 18.2. The molecule has 0 aromatic carbocycles. The van der Waals surface area contributed by atoms with Gasteiger partial charge in [0.25, 0.3) is 0 Å². The van der Waals surface area contributed by atoms with Gasteiger partial charge in [-0.15, -0.1) is 0 Å². The number of aromatic nitrogens is 2. The van der Waals surface area contributed by atoms with Crippen LogP contribution in [0, 0.1) is 5.82 Å². The zero-order valence-electron chi connectivity index (χ0n) is 8.21. The second kappa shape index (κ2) is 4.84. The Labute approximate surface area is 91.2 Å². The summed E-state index contributed by atoms with van der Waals surface area (Å²) in [7, 11) is 0. The van der Waals surface area contributed by atoms with Crippen molar-refractivity contribution in [3.63, 3.8) is 0 Å². The Hall–Kier alpha value is -1.49. The van der Waals surface area contributed by atoms with Crippen molar-refractivity contribution >= 4 is 23.3 Å². The summed E-state index contributed by atoms with van der Waals surface area (Å²) in [5.41, 5.74) is 0.799. The summed E-state index contributed by atoms with van der Waals surface area (Å²) in [5.74, 6) is -1.41. The minimum Gasteiger partial charge on any atom is -0.304 e. The van der Waals surface area contributed by atoms with E-state index < -0.39 is 11.7 Å². The normalized spacial score (nSPS) is 9.60. The van der Waals surface area contributed by atoms with Crippen molar-refractivity contribution in [3.8, 4) is 0 Å². The average molecular weight is 230 g/mol. The van der Waals surface area contributed by atoms with Gasteiger partial charge in [-0.3, -0.25) is 4.79 Å². The van der Waals surface area contributed by atoms with E-state index in [1.165, 1.54) is 6.08 Å². The molecule has 1 amide bonds. The van der Waals surface area contributed by atoms with Crippen molar-refractivity contribution in [2.75, 3.05) is 5.32 Å². The first-order valence-electron chi connectivity index (χ1n) is 4.13. The van der Waals surface area contributed by atoms with Crippen LogP contribution in [0.3, 0.4) is 0 Å². The van der Waals surface area contributed by atoms with Crippen LogP contribution in [0.5, 0.6) is 0 Å². The third-order valence-electron chi connectivity index (χ3n) is 1.38. The molecule has 0 radical (unpaired) electrons. The van der Waals surface area contributed by atoms with Crippen LogP contribution in [0.15, 0.2) is 17.8 Å². The first-order valence-corrected chi connectivity index (χ1v) is 4.51. The molecule has 15 heavy (non-hydrogen) atoms. The Kier molecular flexibility index (Phi) is 3.74. The molecular formula is C9H9ClFN3O. The number of amides is 1. The van der Waals surface area contributed by atoms with Crippen molar-refractivity contribution in [3.05, 3.63) is 28.9 Å². The third-order valence-corrected chi connectivity index (χ3v) is 1.56. The Morgan fingerprint density at radius 2 is 2.27 bits per heavy atom. The molecule has 0 atom stereocenters. The Bertz CT molecular complexity index is 416. The summed E-state index contributed by atoms with van der Waals surface area (Å²) in [6.07, 6.45) is 2.23. The fraction of sp³-hybridized carbons (Fsp3) is 0.222. The number of halogens is 2. The lowest BCUT2D eigenvalue weighted by atomic mass is 10.3. The first-order chi connectivity index (χ1) is 6.99. The van der Waals surface area contributed by atoms with Crippen LogP contribution in [-0.4, -0.2) is 15.9 Å². The van der Waals surface area contributed by atoms with E-state index in [9.17, 15) is 9.18 Å². The maximum absolute atomic E-state index is 13.0. The lowest BCUT2D eigenvalue weighted by molar-refractivity contribution is -0.112. The number of hydrogen-bond acceptors (Lipinski definition) is 3. The van der Waals surface area contributed by atoms with E-state index in [1.807, 2.05) is 0 Å². The molecule has 1 heterocycles. The van der Waals surface area contributed by atoms with Crippen molar-refractivity contribution in [2.24, 2.45) is 0 Å². The molecule has 0 saturated heterocycles. The van der Waals surface area contributed by atoms with E-state index in [1.54, 1.807) is 13.8 Å². The van der Waals surface area contributed by atoms with Gasteiger partial charge in [0.2, 0.25) is 11.2 Å². The number of carbonyl (C=O) groups excluding carboxylic acids is 1. The minimum absolute atomic E-state index is 0.121. The summed E-state index contributed by atoms with van der Waals surface area (Å²) in [6.45, 7) is 3.51. The van der Waals surface area contributed by atoms with E-state index in [0.717, 1.165) is 11.8 Å². The van der Waals surface area contributed by atoms with Crippen LogP contribution in [-0.2, 0) is 4.79 Å². The Morgan fingerprint density at radius 1 is 1.60 bits per heavy atom. The fourth-order valence-electron chi connectivity index (χ4n) is 0.848. The molecule has 0 aliphatic rings. The SMILES string of the molecule is CC(C)=CC(=O)Nc1nc(Cl)ncc1F. The lowest BCUT2D eigenvalue weighted by Gasteiger charge is -2.02. The first kappa shape index (κ1) is 11.6. The summed E-state index contributed by atoms with van der Waals surface area (Å²) >= 11 is 5.45. The number of carbonyl (C=O) groups is 1. The average Bonchev–Trinajstić information content (AvgIpc) is 2.10. The highest BCUT2D eigenvalue weighted by Crippen LogP contribution is 2.11. The van der Waals surface area contributed by atoms with E-state index >= 15 is 0 Å². The summed E-state index contributed by atoms with van der Waals surface area (Å²) in [6, 6.07) is 0. The van der Waals surface area contributed by atoms with Gasteiger partial charge >= 0.3 is 0 Å². The molecule has 0 aliphatic heterocycles. The zero-order chi connectivity index (χ0) is 11.4. The van der Waals surface area contributed by atoms with Gasteiger partial charge in [-0.2, -0.15) is 4.98 Å². The van der Waals surface area contributed by atoms with Gasteiger partial charge in [-0.25, -0.2) is 9.37 Å². The molecule has 0 unspecified atom stereocenters. The van der Waals surface area contributed by atoms with Crippen molar-refractivity contribution < 1.29 is 9.18 Å². The smallest absolute Gasteiger partial charge is 0.249 e. The third kappa shape index (κ3) is 3.63. The minimum atomic E-state index is -0.727. The molecule has 1 rings (SSSR count). The van der Waals surface area contributed by atoms with Crippen molar-refractivity contribution in [1.82, 2.24) is 9.97 Å². The van der Waals surface area contributed by atoms with Crippen LogP contribution >= 0.6 is 11.6 Å². The summed E-state index contributed by atoms with van der Waals surface area (Å²) in [5, 5.41) is 2.14. The number of hydrogen-bond donors (Lipinski definition) is 1. The quantitative estimate of drug-likeness (QED) is 0.625. The molecule has 6 heteroatoms. The Morgan fingerprint density at radius 3 is 2.87 bits per heavy atom. The number of nitrogens with zero attached hydrogens (tertiary/aromatic N) is 2. The molecule has 0 spiro atoms. The summed E-state index contributed by atoms with van der Waals surface area (Å²) < 4.78 is 13.0. The van der Waals surface area contributed by atoms with E-state index in [0.29, 0.717) is 0 Å². The molecule has 0 aliphatic carbocycles. The molecule has 4 nitrogen and oxygen atoms in total. The van der Waals surface area contributed by atoms with Crippen molar-refractivity contribution in [1.29, 1.82) is 0 Å². The van der Waals surface area contributed by atoms with Crippen LogP contribution in [0.1, 0.15) is 13.8 Å². The zero-order valence-corrected chi connectivity index (χ0v) is 8.97. The number of nitrogens with one attached hydrogen (secondary N) is 1. The van der Waals surface area contributed by atoms with Crippen LogP contribution in [0.25, 0.3) is 0 Å². The maximum atomic E-state index is 13.0. The lowest BCUT2D eigenvalue weighted by Crippen LogP contribution is -2.11.